The topological polar surface area (TPSA) is 83.2 Å². The van der Waals surface area contributed by atoms with Gasteiger partial charge in [0.25, 0.3) is 0 Å². The maximum atomic E-state index is 12.5. The van der Waals surface area contributed by atoms with Crippen molar-refractivity contribution in [2.45, 2.75) is 6.92 Å². The van der Waals surface area contributed by atoms with Crippen LogP contribution in [0.1, 0.15) is 16.9 Å². The quantitative estimate of drug-likeness (QED) is 0.483. The highest BCUT2D eigenvalue weighted by Gasteiger charge is 2.30. The van der Waals surface area contributed by atoms with Crippen molar-refractivity contribution in [2.24, 2.45) is 4.99 Å². The van der Waals surface area contributed by atoms with Crippen LogP contribution >= 0.6 is 0 Å². The van der Waals surface area contributed by atoms with Gasteiger partial charge in [-0.3, -0.25) is 0 Å². The molecule has 0 radical (unpaired) electrons. The second kappa shape index (κ2) is 7.63. The minimum atomic E-state index is -0.565. The zero-order valence-corrected chi connectivity index (χ0v) is 16.1. The van der Waals surface area contributed by atoms with E-state index in [0.717, 1.165) is 5.56 Å². The summed E-state index contributed by atoms with van der Waals surface area (Å²) in [6.45, 7) is 1.75. The van der Waals surface area contributed by atoms with Crippen LogP contribution in [0.2, 0.25) is 0 Å². The Labute approximate surface area is 167 Å². The fourth-order valence-corrected chi connectivity index (χ4v) is 3.11. The van der Waals surface area contributed by atoms with Crippen LogP contribution in [0.25, 0.3) is 17.3 Å². The van der Waals surface area contributed by atoms with Crippen LogP contribution < -0.4 is 9.47 Å². The van der Waals surface area contributed by atoms with Crippen molar-refractivity contribution < 1.29 is 23.5 Å². The Hall–Kier alpha value is -3.87. The van der Waals surface area contributed by atoms with Crippen molar-refractivity contribution >= 4 is 17.9 Å². The van der Waals surface area contributed by atoms with E-state index in [2.05, 4.69) is 10.1 Å². The van der Waals surface area contributed by atoms with Crippen LogP contribution in [0.15, 0.2) is 63.7 Å². The Morgan fingerprint density at radius 1 is 1.00 bits per heavy atom. The number of hydrogen-bond acceptors (Lipinski definition) is 7. The third-order valence-corrected chi connectivity index (χ3v) is 4.47. The van der Waals surface area contributed by atoms with E-state index < -0.39 is 5.97 Å². The van der Waals surface area contributed by atoms with Gasteiger partial charge in [-0.15, -0.1) is 0 Å². The number of carbonyl (C=O) groups is 1. The molecular weight excluding hydrogens is 372 g/mol. The molecule has 3 aromatic rings. The molecule has 0 atom stereocenters. The Bertz CT molecular complexity index is 1130. The summed E-state index contributed by atoms with van der Waals surface area (Å²) >= 11 is 0. The van der Waals surface area contributed by atoms with Gasteiger partial charge in [0.15, 0.2) is 17.2 Å². The molecule has 0 N–H and O–H groups in total. The molecular formula is C22H18N2O5. The number of methoxy groups -OCH3 is 2. The van der Waals surface area contributed by atoms with Crippen LogP contribution in [0.5, 0.6) is 11.5 Å². The summed E-state index contributed by atoms with van der Waals surface area (Å²) in [6.07, 6.45) is 1.60. The first-order valence-corrected chi connectivity index (χ1v) is 8.88. The standard InChI is InChI=1S/C22H18N2O5/c1-13-18(19(24-29-13)14-8-5-4-6-9-14)21-23-16(22(25)28-21)12-15-10-7-11-17(26-2)20(15)27-3/h4-12H,1-3H3. The van der Waals surface area contributed by atoms with Crippen molar-refractivity contribution in [3.8, 4) is 22.8 Å². The molecule has 0 unspecified atom stereocenters. The molecule has 0 aliphatic carbocycles. The van der Waals surface area contributed by atoms with Crippen molar-refractivity contribution in [3.63, 3.8) is 0 Å². The maximum absolute atomic E-state index is 12.5. The fraction of sp³-hybridized carbons (Fsp3) is 0.136. The number of benzene rings is 2. The Morgan fingerprint density at radius 3 is 2.52 bits per heavy atom. The third-order valence-electron chi connectivity index (χ3n) is 4.47. The zero-order chi connectivity index (χ0) is 20.4. The molecule has 0 fully saturated rings. The summed E-state index contributed by atoms with van der Waals surface area (Å²) < 4.78 is 21.5. The molecule has 1 aromatic heterocycles. The number of nitrogens with zero attached hydrogens (tertiary/aromatic N) is 2. The SMILES string of the molecule is COc1cccc(C=C2N=C(c3c(-c4ccccc4)noc3C)OC2=O)c1OC. The molecule has 1 aliphatic heterocycles. The monoisotopic (exact) mass is 390 g/mol. The van der Waals surface area contributed by atoms with Gasteiger partial charge in [0.2, 0.25) is 5.90 Å². The lowest BCUT2D eigenvalue weighted by Crippen LogP contribution is -2.07. The van der Waals surface area contributed by atoms with Crippen molar-refractivity contribution in [1.29, 1.82) is 0 Å². The fourth-order valence-electron chi connectivity index (χ4n) is 3.11. The second-order valence-corrected chi connectivity index (χ2v) is 6.25. The van der Waals surface area contributed by atoms with Gasteiger partial charge in [-0.1, -0.05) is 47.6 Å². The zero-order valence-electron chi connectivity index (χ0n) is 16.1. The second-order valence-electron chi connectivity index (χ2n) is 6.25. The van der Waals surface area contributed by atoms with E-state index >= 15 is 0 Å². The van der Waals surface area contributed by atoms with Gasteiger partial charge in [0.05, 0.1) is 14.2 Å². The van der Waals surface area contributed by atoms with Crippen molar-refractivity contribution in [3.05, 3.63) is 71.1 Å². The van der Waals surface area contributed by atoms with Crippen LogP contribution in [-0.2, 0) is 9.53 Å². The lowest BCUT2D eigenvalue weighted by atomic mass is 10.1. The van der Waals surface area contributed by atoms with Gasteiger partial charge < -0.3 is 18.7 Å². The number of cyclic esters (lactones) is 1. The molecule has 0 amide bonds. The van der Waals surface area contributed by atoms with Crippen LogP contribution in [0.3, 0.4) is 0 Å². The third kappa shape index (κ3) is 3.38. The van der Waals surface area contributed by atoms with E-state index in [9.17, 15) is 4.79 Å². The summed E-state index contributed by atoms with van der Waals surface area (Å²) in [7, 11) is 3.09. The number of carbonyl (C=O) groups excluding carboxylic acids is 1. The first-order chi connectivity index (χ1) is 14.1. The number of esters is 1. The Morgan fingerprint density at radius 2 is 1.79 bits per heavy atom. The number of aryl methyl sites for hydroxylation is 1. The van der Waals surface area contributed by atoms with Crippen molar-refractivity contribution in [1.82, 2.24) is 5.16 Å². The largest absolute Gasteiger partial charge is 0.493 e. The van der Waals surface area contributed by atoms with Crippen LogP contribution in [-0.4, -0.2) is 31.2 Å². The van der Waals surface area contributed by atoms with Gasteiger partial charge in [-0.2, -0.15) is 0 Å². The van der Waals surface area contributed by atoms with E-state index in [4.69, 9.17) is 18.7 Å². The average molecular weight is 390 g/mol. The molecule has 29 heavy (non-hydrogen) atoms. The minimum Gasteiger partial charge on any atom is -0.493 e. The van der Waals surface area contributed by atoms with E-state index in [1.54, 1.807) is 38.3 Å². The molecule has 146 valence electrons. The summed E-state index contributed by atoms with van der Waals surface area (Å²) in [6, 6.07) is 14.9. The molecule has 4 rings (SSSR count). The number of rotatable bonds is 5. The van der Waals surface area contributed by atoms with E-state index in [0.29, 0.717) is 34.1 Å². The van der Waals surface area contributed by atoms with E-state index in [1.807, 2.05) is 30.3 Å². The summed E-state index contributed by atoms with van der Waals surface area (Å²) in [5, 5.41) is 4.11. The first kappa shape index (κ1) is 18.5. The number of aliphatic imine (C=N–C) groups is 1. The molecule has 2 aromatic carbocycles. The van der Waals surface area contributed by atoms with Crippen LogP contribution in [0.4, 0.5) is 0 Å². The molecule has 7 heteroatoms. The first-order valence-electron chi connectivity index (χ1n) is 8.88. The number of ether oxygens (including phenoxy) is 3. The van der Waals surface area contributed by atoms with E-state index in [-0.39, 0.29) is 11.6 Å². The lowest BCUT2D eigenvalue weighted by Gasteiger charge is -2.09. The summed E-state index contributed by atoms with van der Waals surface area (Å²) in [4.78, 5) is 16.9. The van der Waals surface area contributed by atoms with Gasteiger partial charge in [-0.05, 0) is 19.1 Å². The number of hydrogen-bond donors (Lipinski definition) is 0. The normalized spacial score (nSPS) is 14.7. The summed E-state index contributed by atoms with van der Waals surface area (Å²) in [5.41, 5.74) is 2.74. The smallest absolute Gasteiger partial charge is 0.363 e. The molecule has 0 saturated heterocycles. The molecule has 1 aliphatic rings. The van der Waals surface area contributed by atoms with E-state index in [1.165, 1.54) is 7.11 Å². The average Bonchev–Trinajstić information content (AvgIpc) is 3.30. The Balaban J connectivity index is 1.77. The van der Waals surface area contributed by atoms with Gasteiger partial charge in [0, 0.05) is 11.1 Å². The van der Waals surface area contributed by atoms with Gasteiger partial charge >= 0.3 is 5.97 Å². The van der Waals surface area contributed by atoms with Gasteiger partial charge in [0.1, 0.15) is 17.0 Å². The number of aromatic nitrogens is 1. The Kier molecular flexibility index (Phi) is 4.87. The molecule has 7 nitrogen and oxygen atoms in total. The highest BCUT2D eigenvalue weighted by Crippen LogP contribution is 2.34. The highest BCUT2D eigenvalue weighted by molar-refractivity contribution is 6.15. The van der Waals surface area contributed by atoms with Crippen molar-refractivity contribution in [2.75, 3.05) is 14.2 Å². The predicted octanol–water partition coefficient (Wildman–Crippen LogP) is 4.01. The minimum absolute atomic E-state index is 0.145. The number of para-hydroxylation sites is 1. The summed E-state index contributed by atoms with van der Waals surface area (Å²) in [5.74, 6) is 1.16. The van der Waals surface area contributed by atoms with Crippen LogP contribution in [0, 0.1) is 6.92 Å². The molecule has 0 spiro atoms. The van der Waals surface area contributed by atoms with Gasteiger partial charge in [-0.25, -0.2) is 9.79 Å². The maximum Gasteiger partial charge on any atom is 0.363 e. The lowest BCUT2D eigenvalue weighted by molar-refractivity contribution is -0.129. The molecule has 0 bridgehead atoms. The molecule has 0 saturated carbocycles. The predicted molar refractivity (Wildman–Crippen MR) is 107 cm³/mol. The molecule has 2 heterocycles. The highest BCUT2D eigenvalue weighted by atomic mass is 16.6.